The standard InChI is InChI=1S/C14H27N3O2/c1-6-15-11(4)13(10(2)3)14-16-12(17-19-14)8-7-9-18-5/h10-11,13,15H,6-9H2,1-5H3. The van der Waals surface area contributed by atoms with Crippen LogP contribution in [0.2, 0.25) is 0 Å². The van der Waals surface area contributed by atoms with Crippen molar-refractivity contribution in [2.24, 2.45) is 5.92 Å². The molecule has 0 aliphatic heterocycles. The second-order valence-corrected chi connectivity index (χ2v) is 5.26. The molecular formula is C14H27N3O2. The Hall–Kier alpha value is -0.940. The van der Waals surface area contributed by atoms with E-state index in [9.17, 15) is 0 Å². The number of aryl methyl sites for hydroxylation is 1. The molecule has 0 radical (unpaired) electrons. The zero-order chi connectivity index (χ0) is 14.3. The Kier molecular flexibility index (Phi) is 7.02. The minimum atomic E-state index is 0.253. The fourth-order valence-corrected chi connectivity index (χ4v) is 2.40. The molecule has 0 amide bonds. The maximum atomic E-state index is 5.44. The van der Waals surface area contributed by atoms with Gasteiger partial charge >= 0.3 is 0 Å². The summed E-state index contributed by atoms with van der Waals surface area (Å²) in [5.41, 5.74) is 0. The molecule has 5 nitrogen and oxygen atoms in total. The normalized spacial score (nSPS) is 14.8. The lowest BCUT2D eigenvalue weighted by atomic mass is 9.89. The van der Waals surface area contributed by atoms with E-state index < -0.39 is 0 Å². The van der Waals surface area contributed by atoms with Gasteiger partial charge in [0.2, 0.25) is 5.89 Å². The first-order valence-corrected chi connectivity index (χ1v) is 7.14. The number of likely N-dealkylation sites (N-methyl/N-ethyl adjacent to an activating group) is 1. The third kappa shape index (κ3) is 4.91. The first-order chi connectivity index (χ1) is 9.10. The van der Waals surface area contributed by atoms with Crippen LogP contribution in [0.4, 0.5) is 0 Å². The number of aromatic nitrogens is 2. The van der Waals surface area contributed by atoms with Gasteiger partial charge in [-0.1, -0.05) is 25.9 Å². The van der Waals surface area contributed by atoms with Crippen LogP contribution in [-0.2, 0) is 11.2 Å². The third-order valence-electron chi connectivity index (χ3n) is 3.30. The first kappa shape index (κ1) is 16.1. The summed E-state index contributed by atoms with van der Waals surface area (Å²) in [6, 6.07) is 0.331. The fourth-order valence-electron chi connectivity index (χ4n) is 2.40. The van der Waals surface area contributed by atoms with Crippen LogP contribution >= 0.6 is 0 Å². The van der Waals surface area contributed by atoms with E-state index >= 15 is 0 Å². The maximum absolute atomic E-state index is 5.44. The van der Waals surface area contributed by atoms with Crippen molar-refractivity contribution in [3.63, 3.8) is 0 Å². The van der Waals surface area contributed by atoms with Gasteiger partial charge in [0.15, 0.2) is 5.82 Å². The van der Waals surface area contributed by atoms with Gasteiger partial charge < -0.3 is 14.6 Å². The van der Waals surface area contributed by atoms with Crippen molar-refractivity contribution >= 4 is 0 Å². The molecule has 0 aliphatic rings. The van der Waals surface area contributed by atoms with Crippen LogP contribution < -0.4 is 5.32 Å². The minimum absolute atomic E-state index is 0.253. The first-order valence-electron chi connectivity index (χ1n) is 7.14. The number of rotatable bonds is 9. The third-order valence-corrected chi connectivity index (χ3v) is 3.30. The van der Waals surface area contributed by atoms with Gasteiger partial charge in [-0.25, -0.2) is 0 Å². The lowest BCUT2D eigenvalue weighted by molar-refractivity contribution is 0.194. The highest BCUT2D eigenvalue weighted by molar-refractivity contribution is 5.00. The second-order valence-electron chi connectivity index (χ2n) is 5.26. The molecule has 0 aromatic carbocycles. The van der Waals surface area contributed by atoms with Gasteiger partial charge in [0.25, 0.3) is 0 Å². The summed E-state index contributed by atoms with van der Waals surface area (Å²) in [4.78, 5) is 4.53. The fraction of sp³-hybridized carbons (Fsp3) is 0.857. The van der Waals surface area contributed by atoms with E-state index in [1.165, 1.54) is 0 Å². The van der Waals surface area contributed by atoms with Crippen LogP contribution in [0.1, 0.15) is 51.7 Å². The molecule has 0 aliphatic carbocycles. The van der Waals surface area contributed by atoms with Crippen molar-refractivity contribution < 1.29 is 9.26 Å². The van der Waals surface area contributed by atoms with E-state index in [4.69, 9.17) is 9.26 Å². The summed E-state index contributed by atoms with van der Waals surface area (Å²) in [6.45, 7) is 10.3. The highest BCUT2D eigenvalue weighted by atomic mass is 16.5. The van der Waals surface area contributed by atoms with Crippen LogP contribution in [0.5, 0.6) is 0 Å². The monoisotopic (exact) mass is 269 g/mol. The molecular weight excluding hydrogens is 242 g/mol. The van der Waals surface area contributed by atoms with E-state index in [1.807, 2.05) is 0 Å². The highest BCUT2D eigenvalue weighted by Crippen LogP contribution is 2.26. The number of nitrogens with one attached hydrogen (secondary N) is 1. The SMILES string of the molecule is CCNC(C)C(c1nc(CCCOC)no1)C(C)C. The molecule has 1 aromatic rings. The van der Waals surface area contributed by atoms with E-state index in [1.54, 1.807) is 7.11 Å². The van der Waals surface area contributed by atoms with Gasteiger partial charge in [-0.05, 0) is 25.8 Å². The number of nitrogens with zero attached hydrogens (tertiary/aromatic N) is 2. The summed E-state index contributed by atoms with van der Waals surface area (Å²) in [7, 11) is 1.70. The molecule has 110 valence electrons. The number of ether oxygens (including phenoxy) is 1. The maximum Gasteiger partial charge on any atom is 0.231 e. The van der Waals surface area contributed by atoms with E-state index in [2.05, 4.69) is 43.2 Å². The van der Waals surface area contributed by atoms with Gasteiger partial charge in [-0.2, -0.15) is 4.98 Å². The Morgan fingerprint density at radius 1 is 1.32 bits per heavy atom. The topological polar surface area (TPSA) is 60.2 Å². The van der Waals surface area contributed by atoms with Crippen LogP contribution in [-0.4, -0.2) is 36.4 Å². The van der Waals surface area contributed by atoms with Gasteiger partial charge in [-0.15, -0.1) is 0 Å². The smallest absolute Gasteiger partial charge is 0.231 e. The van der Waals surface area contributed by atoms with Crippen molar-refractivity contribution in [1.82, 2.24) is 15.5 Å². The van der Waals surface area contributed by atoms with Crippen molar-refractivity contribution in [2.75, 3.05) is 20.3 Å². The Labute approximate surface area is 116 Å². The molecule has 5 heteroatoms. The van der Waals surface area contributed by atoms with Crippen LogP contribution in [0.3, 0.4) is 0 Å². The molecule has 1 heterocycles. The average Bonchev–Trinajstić information content (AvgIpc) is 2.78. The van der Waals surface area contributed by atoms with Crippen LogP contribution in [0, 0.1) is 5.92 Å². The summed E-state index contributed by atoms with van der Waals surface area (Å²) in [5.74, 6) is 2.24. The van der Waals surface area contributed by atoms with Crippen molar-refractivity contribution in [2.45, 2.75) is 52.5 Å². The molecule has 2 atom stereocenters. The molecule has 1 rings (SSSR count). The number of hydrogen-bond acceptors (Lipinski definition) is 5. The Bertz CT molecular complexity index is 352. The molecule has 1 N–H and O–H groups in total. The summed E-state index contributed by atoms with van der Waals surface area (Å²) >= 11 is 0. The Morgan fingerprint density at radius 3 is 2.63 bits per heavy atom. The summed E-state index contributed by atoms with van der Waals surface area (Å²) < 4.78 is 10.5. The zero-order valence-electron chi connectivity index (χ0n) is 12.8. The quantitative estimate of drug-likeness (QED) is 0.697. The van der Waals surface area contributed by atoms with Crippen molar-refractivity contribution in [1.29, 1.82) is 0 Å². The number of hydrogen-bond donors (Lipinski definition) is 1. The van der Waals surface area contributed by atoms with Crippen LogP contribution in [0.25, 0.3) is 0 Å². The van der Waals surface area contributed by atoms with E-state index in [0.29, 0.717) is 12.0 Å². The van der Waals surface area contributed by atoms with Gasteiger partial charge in [0.1, 0.15) is 0 Å². The minimum Gasteiger partial charge on any atom is -0.385 e. The van der Waals surface area contributed by atoms with Crippen LogP contribution in [0.15, 0.2) is 4.52 Å². The summed E-state index contributed by atoms with van der Waals surface area (Å²) in [5, 5.41) is 7.50. The molecule has 0 fully saturated rings. The lowest BCUT2D eigenvalue weighted by Crippen LogP contribution is -2.34. The molecule has 1 aromatic heterocycles. The van der Waals surface area contributed by atoms with Gasteiger partial charge in [0, 0.05) is 26.2 Å². The predicted octanol–water partition coefficient (Wildman–Crippen LogP) is 2.39. The predicted molar refractivity (Wildman–Crippen MR) is 75.2 cm³/mol. The average molecular weight is 269 g/mol. The molecule has 0 saturated heterocycles. The second kappa shape index (κ2) is 8.27. The molecule has 0 spiro atoms. The summed E-state index contributed by atoms with van der Waals surface area (Å²) in [6.07, 6.45) is 1.72. The Balaban J connectivity index is 2.69. The Morgan fingerprint density at radius 2 is 2.05 bits per heavy atom. The van der Waals surface area contributed by atoms with Crippen molar-refractivity contribution in [3.8, 4) is 0 Å². The van der Waals surface area contributed by atoms with Gasteiger partial charge in [0.05, 0.1) is 5.92 Å². The van der Waals surface area contributed by atoms with E-state index in [0.717, 1.165) is 37.7 Å². The lowest BCUT2D eigenvalue weighted by Gasteiger charge is -2.24. The molecule has 0 saturated carbocycles. The van der Waals surface area contributed by atoms with E-state index in [-0.39, 0.29) is 5.92 Å². The number of methoxy groups -OCH3 is 1. The molecule has 2 unspecified atom stereocenters. The zero-order valence-corrected chi connectivity index (χ0v) is 12.8. The highest BCUT2D eigenvalue weighted by Gasteiger charge is 2.27. The largest absolute Gasteiger partial charge is 0.385 e. The molecule has 19 heavy (non-hydrogen) atoms. The van der Waals surface area contributed by atoms with Crippen molar-refractivity contribution in [3.05, 3.63) is 11.7 Å². The molecule has 0 bridgehead atoms. The van der Waals surface area contributed by atoms with Gasteiger partial charge in [-0.3, -0.25) is 0 Å².